The molecule has 366 valence electrons. The number of anilines is 3. The quantitative estimate of drug-likeness (QED) is 0.0384. The summed E-state index contributed by atoms with van der Waals surface area (Å²) in [5.74, 6) is -1.07. The highest BCUT2D eigenvalue weighted by atomic mass is 79.9. The maximum atomic E-state index is 12.8. The van der Waals surface area contributed by atoms with Gasteiger partial charge in [-0.25, -0.2) is 25.9 Å². The Morgan fingerprint density at radius 3 is 1.84 bits per heavy atom. The van der Waals surface area contributed by atoms with Gasteiger partial charge < -0.3 is 40.6 Å². The van der Waals surface area contributed by atoms with Crippen LogP contribution in [0.15, 0.2) is 83.9 Å². The van der Waals surface area contributed by atoms with Crippen molar-refractivity contribution in [3.05, 3.63) is 150 Å². The van der Waals surface area contributed by atoms with Crippen LogP contribution in [0.2, 0.25) is 0 Å². The van der Waals surface area contributed by atoms with Gasteiger partial charge in [0.15, 0.2) is 0 Å². The summed E-state index contributed by atoms with van der Waals surface area (Å²) in [6.07, 6.45) is 2.25. The smallest absolute Gasteiger partial charge is 0.386 e. The fourth-order valence-electron chi connectivity index (χ4n) is 5.23. The number of thiophene rings is 2. The van der Waals surface area contributed by atoms with E-state index in [0.717, 1.165) is 42.2 Å². The average Bonchev–Trinajstić information content (AvgIpc) is 3.76. The Morgan fingerprint density at radius 2 is 1.37 bits per heavy atom. The number of aromatic nitrogens is 2. The van der Waals surface area contributed by atoms with Crippen LogP contribution >= 0.6 is 38.6 Å². The van der Waals surface area contributed by atoms with Crippen molar-refractivity contribution in [3.63, 3.8) is 0 Å². The van der Waals surface area contributed by atoms with E-state index in [1.807, 2.05) is 71.0 Å². The molecular weight excluding hydrogens is 973 g/mol. The van der Waals surface area contributed by atoms with Crippen molar-refractivity contribution in [1.82, 2.24) is 9.55 Å². The molecule has 0 aliphatic carbocycles. The predicted octanol–water partition coefficient (Wildman–Crippen LogP) is 10.8. The van der Waals surface area contributed by atoms with Gasteiger partial charge in [0.1, 0.15) is 15.6 Å². The van der Waals surface area contributed by atoms with E-state index < -0.39 is 5.97 Å². The number of hydrogen-bond donors (Lipinski definition) is 3. The zero-order valence-corrected chi connectivity index (χ0v) is 41.6. The third-order valence-electron chi connectivity index (χ3n) is 9.29. The zero-order chi connectivity index (χ0) is 49.5. The fraction of sp³-hybridized carbons (Fsp3) is 0.320. The van der Waals surface area contributed by atoms with E-state index in [0.29, 0.717) is 58.0 Å². The first kappa shape index (κ1) is 61.3. The molecule has 0 fully saturated rings. The van der Waals surface area contributed by atoms with Crippen molar-refractivity contribution >= 4 is 94.8 Å². The van der Waals surface area contributed by atoms with Crippen molar-refractivity contribution in [2.45, 2.75) is 81.6 Å². The highest BCUT2D eigenvalue weighted by Crippen LogP contribution is 2.30. The Morgan fingerprint density at radius 1 is 0.809 bits per heavy atom. The van der Waals surface area contributed by atoms with Gasteiger partial charge in [0.2, 0.25) is 0 Å². The highest BCUT2D eigenvalue weighted by molar-refractivity contribution is 9.08. The number of esters is 3. The van der Waals surface area contributed by atoms with E-state index in [9.17, 15) is 28.8 Å². The lowest BCUT2D eigenvalue weighted by molar-refractivity contribution is -0.138. The molecule has 18 heteroatoms. The second-order valence-corrected chi connectivity index (χ2v) is 16.9. The van der Waals surface area contributed by atoms with Crippen LogP contribution in [0.3, 0.4) is 0 Å². The Hall–Kier alpha value is -6.68. The Kier molecular flexibility index (Phi) is 28.2. The van der Waals surface area contributed by atoms with E-state index in [-0.39, 0.29) is 50.6 Å². The van der Waals surface area contributed by atoms with Crippen LogP contribution < -0.4 is 22.3 Å². The largest absolute Gasteiger partial charge is 0.465 e. The molecular formula is C50H63BrN6O9S2. The summed E-state index contributed by atoms with van der Waals surface area (Å²) in [4.78, 5) is 77.6. The second kappa shape index (κ2) is 31.3. The molecule has 68 heavy (non-hydrogen) atoms. The van der Waals surface area contributed by atoms with Crippen molar-refractivity contribution < 1.29 is 38.2 Å². The van der Waals surface area contributed by atoms with Gasteiger partial charge >= 0.3 is 24.5 Å². The Balaban J connectivity index is 0.000000960. The third-order valence-corrected chi connectivity index (χ3v) is 12.1. The van der Waals surface area contributed by atoms with Gasteiger partial charge in [-0.05, 0) is 100 Å². The van der Waals surface area contributed by atoms with Crippen molar-refractivity contribution in [2.75, 3.05) is 44.2 Å². The predicted molar refractivity (Wildman–Crippen MR) is 280 cm³/mol. The number of para-hydroxylation sites is 2. The molecule has 3 aromatic heterocycles. The topological polar surface area (TPSA) is 216 Å². The molecule has 5 N–H and O–H groups in total. The molecule has 0 saturated heterocycles. The van der Waals surface area contributed by atoms with Crippen molar-refractivity contribution in [3.8, 4) is 0 Å². The molecule has 0 aliphatic heterocycles. The number of nitrogen functional groups attached to an aromatic ring is 2. The maximum absolute atomic E-state index is 12.8. The van der Waals surface area contributed by atoms with Crippen LogP contribution in [0.25, 0.3) is 15.1 Å². The number of carbonyl (C=O) groups is 5. The molecule has 0 atom stereocenters. The summed E-state index contributed by atoms with van der Waals surface area (Å²) in [6, 6.07) is 21.6. The van der Waals surface area contributed by atoms with Crippen molar-refractivity contribution in [2.24, 2.45) is 0 Å². The standard InChI is InChI=1S/C22H20N4O2S.C9H9BrO2.C9H13NO2S.C4H5NO2.C4H8O.2CH4/c1-13-14(2)29-21-19(13)22(28)26(12-24-21)11-15-7-9-16(10-8-15)20(27)25-18-6-4-3-5-17(18)23;1-12-9(11)8-4-2-7(6-10)3-5-8;1-4-12-9(11)7-5(2)6(3)13-8(7)10;1-5-3-4(6)7-2;1-3-4(2)5;;/h3-10,12H,11,23H2,1-2H3,(H,25,27);2-5H,6H2,1H3;4,10H2,1-3H3;3H2,2H3;3H2,1-2H3;2*1H4. The first-order valence-corrected chi connectivity index (χ1v) is 23.0. The fourth-order valence-corrected chi connectivity index (χ4v) is 7.52. The van der Waals surface area contributed by atoms with Crippen LogP contribution in [0, 0.1) is 34.3 Å². The minimum absolute atomic E-state index is 0. The number of rotatable bonds is 10. The van der Waals surface area contributed by atoms with Crippen LogP contribution in [0.5, 0.6) is 0 Å². The lowest BCUT2D eigenvalue weighted by Crippen LogP contribution is -2.21. The molecule has 0 saturated carbocycles. The molecule has 0 aliphatic rings. The number of benzene rings is 3. The van der Waals surface area contributed by atoms with Crippen LogP contribution in [-0.4, -0.2) is 66.5 Å². The molecule has 0 bridgehead atoms. The molecule has 3 aromatic carbocycles. The van der Waals surface area contributed by atoms with Gasteiger partial charge in [-0.2, -0.15) is 0 Å². The summed E-state index contributed by atoms with van der Waals surface area (Å²) < 4.78 is 15.2. The van der Waals surface area contributed by atoms with E-state index in [1.165, 1.54) is 36.9 Å². The monoisotopic (exact) mass is 1030 g/mol. The normalized spacial score (nSPS) is 9.54. The van der Waals surface area contributed by atoms with Crippen molar-refractivity contribution in [1.29, 1.82) is 0 Å². The molecule has 6 aromatic rings. The average molecular weight is 1040 g/mol. The summed E-state index contributed by atoms with van der Waals surface area (Å²) in [7, 11) is 2.63. The maximum Gasteiger partial charge on any atom is 0.386 e. The van der Waals surface area contributed by atoms with E-state index in [2.05, 4.69) is 40.5 Å². The van der Waals surface area contributed by atoms with Gasteiger partial charge in [-0.1, -0.05) is 74.1 Å². The minimum Gasteiger partial charge on any atom is -0.465 e. The molecule has 3 heterocycles. The number of methoxy groups -OCH3 is 2. The third kappa shape index (κ3) is 18.9. The van der Waals surface area contributed by atoms with Gasteiger partial charge in [-0.3, -0.25) is 14.2 Å². The van der Waals surface area contributed by atoms with E-state index >= 15 is 0 Å². The number of fused-ring (bicyclic) bond motifs is 1. The number of amides is 1. The van der Waals surface area contributed by atoms with Crippen LogP contribution in [0.4, 0.5) is 16.4 Å². The molecule has 0 radical (unpaired) electrons. The van der Waals surface area contributed by atoms with Gasteiger partial charge in [0, 0.05) is 27.1 Å². The van der Waals surface area contributed by atoms with Gasteiger partial charge in [0.25, 0.3) is 11.5 Å². The molecule has 6 rings (SSSR count). The molecule has 15 nitrogen and oxygen atoms in total. The lowest BCUT2D eigenvalue weighted by Gasteiger charge is -2.09. The Labute approximate surface area is 415 Å². The number of ether oxygens (including phenoxy) is 3. The molecule has 0 spiro atoms. The Bertz CT molecular complexity index is 2690. The number of ketones is 1. The first-order valence-electron chi connectivity index (χ1n) is 20.2. The second-order valence-electron chi connectivity index (χ2n) is 13.9. The number of carbonyl (C=O) groups excluding carboxylic acids is 5. The number of aryl methyl sites for hydroxylation is 3. The minimum atomic E-state index is -0.477. The van der Waals surface area contributed by atoms with E-state index in [1.54, 1.807) is 61.1 Å². The number of halogens is 1. The number of nitrogens with two attached hydrogens (primary N) is 2. The van der Waals surface area contributed by atoms with E-state index in [4.69, 9.17) is 22.8 Å². The zero-order valence-electron chi connectivity index (χ0n) is 38.4. The van der Waals surface area contributed by atoms with Crippen LogP contribution in [-0.2, 0) is 35.7 Å². The SMILES string of the molecule is C.C.CCC(C)=O.CCOC(=O)c1c(N)sc(C)c1C.COC(=O)c1ccc(CBr)cc1.Cc1sc2ncn(Cc3ccc(C(=O)Nc4ccccc4N)cc3)c(=O)c2c1C.[C-]#[N+]CC(=O)OC. The summed E-state index contributed by atoms with van der Waals surface area (Å²) in [6.45, 7) is 19.8. The molecule has 1 amide bonds. The van der Waals surface area contributed by atoms with Gasteiger partial charge in [0.05, 0.1) is 61.6 Å². The number of alkyl halides is 1. The first-order chi connectivity index (χ1) is 31.4. The van der Waals surface area contributed by atoms with Crippen LogP contribution in [0.1, 0.15) is 105 Å². The number of hydrogen-bond acceptors (Lipinski definition) is 14. The lowest BCUT2D eigenvalue weighted by atomic mass is 10.1. The summed E-state index contributed by atoms with van der Waals surface area (Å²) in [5, 5.41) is 4.84. The van der Waals surface area contributed by atoms with Gasteiger partial charge in [-0.15, -0.1) is 22.7 Å². The highest BCUT2D eigenvalue weighted by Gasteiger charge is 2.18. The number of Topliss-reactive ketones (excluding diaryl/α,β-unsaturated/α-hetero) is 1. The number of nitrogens with one attached hydrogen (secondary N) is 1. The molecule has 0 unspecified atom stereocenters. The number of nitrogens with zero attached hydrogens (tertiary/aromatic N) is 3. The summed E-state index contributed by atoms with van der Waals surface area (Å²) in [5.41, 5.74) is 18.2. The summed E-state index contributed by atoms with van der Waals surface area (Å²) >= 11 is 6.28.